The molecular formula is C21H17F3N4O2. The number of amides is 1. The molecule has 1 aliphatic rings. The number of nitrogen functional groups attached to an aromatic ring is 1. The van der Waals surface area contributed by atoms with Gasteiger partial charge in [0, 0.05) is 17.3 Å². The molecule has 9 heteroatoms. The van der Waals surface area contributed by atoms with Gasteiger partial charge in [-0.3, -0.25) is 4.79 Å². The fourth-order valence-corrected chi connectivity index (χ4v) is 3.21. The number of nitrogens with two attached hydrogens (primary N) is 1. The van der Waals surface area contributed by atoms with Gasteiger partial charge in [0.15, 0.2) is 0 Å². The number of halogens is 3. The van der Waals surface area contributed by atoms with Crippen LogP contribution in [0.25, 0.3) is 11.1 Å². The van der Waals surface area contributed by atoms with Gasteiger partial charge < -0.3 is 15.8 Å². The van der Waals surface area contributed by atoms with Gasteiger partial charge in [-0.15, -0.1) is 0 Å². The lowest BCUT2D eigenvalue weighted by Gasteiger charge is -2.18. The first-order chi connectivity index (χ1) is 14.4. The Morgan fingerprint density at radius 1 is 1.10 bits per heavy atom. The smallest absolute Gasteiger partial charge is 0.389 e. The number of rotatable bonds is 6. The number of hydrogen-bond acceptors (Lipinski definition) is 5. The summed E-state index contributed by atoms with van der Waals surface area (Å²) in [5.41, 5.74) is 7.85. The first-order valence-corrected chi connectivity index (χ1v) is 9.13. The molecule has 0 unspecified atom stereocenters. The van der Waals surface area contributed by atoms with Crippen molar-refractivity contribution >= 4 is 11.7 Å². The van der Waals surface area contributed by atoms with E-state index in [1.54, 1.807) is 12.1 Å². The fourth-order valence-electron chi connectivity index (χ4n) is 3.21. The van der Waals surface area contributed by atoms with E-state index in [0.717, 1.165) is 18.4 Å². The molecule has 2 aromatic carbocycles. The molecule has 154 valence electrons. The van der Waals surface area contributed by atoms with Crippen LogP contribution in [0.3, 0.4) is 0 Å². The molecule has 1 aromatic heterocycles. The lowest BCUT2D eigenvalue weighted by Crippen LogP contribution is -2.34. The molecule has 0 aliphatic heterocycles. The number of nitrogens with one attached hydrogen (secondary N) is 1. The molecule has 1 heterocycles. The quantitative estimate of drug-likeness (QED) is 0.639. The minimum absolute atomic E-state index is 0.0131. The summed E-state index contributed by atoms with van der Waals surface area (Å²) in [7, 11) is 0. The molecule has 1 saturated carbocycles. The molecule has 0 atom stereocenters. The maximum Gasteiger partial charge on any atom is 0.389 e. The van der Waals surface area contributed by atoms with Crippen LogP contribution >= 0.6 is 0 Å². The lowest BCUT2D eigenvalue weighted by molar-refractivity contribution is -0.0559. The van der Waals surface area contributed by atoms with Gasteiger partial charge in [0.2, 0.25) is 0 Å². The van der Waals surface area contributed by atoms with E-state index in [-0.39, 0.29) is 11.7 Å². The number of benzene rings is 2. The predicted molar refractivity (Wildman–Crippen MR) is 103 cm³/mol. The Morgan fingerprint density at radius 2 is 1.77 bits per heavy atom. The van der Waals surface area contributed by atoms with Gasteiger partial charge in [-0.25, -0.2) is 9.37 Å². The summed E-state index contributed by atoms with van der Waals surface area (Å²) >= 11 is 0. The van der Waals surface area contributed by atoms with Gasteiger partial charge in [0.05, 0.1) is 5.54 Å². The minimum atomic E-state index is -3.03. The van der Waals surface area contributed by atoms with Crippen LogP contribution in [0.5, 0.6) is 6.01 Å². The lowest BCUT2D eigenvalue weighted by atomic mass is 10.00. The first kappa shape index (κ1) is 19.7. The number of carbonyl (C=O) groups excluding carboxylic acids is 1. The van der Waals surface area contributed by atoms with E-state index in [9.17, 15) is 18.0 Å². The topological polar surface area (TPSA) is 90.1 Å². The average molecular weight is 414 g/mol. The molecule has 6 nitrogen and oxygen atoms in total. The van der Waals surface area contributed by atoms with E-state index in [0.29, 0.717) is 16.7 Å². The third kappa shape index (κ3) is 4.05. The molecule has 0 bridgehead atoms. The third-order valence-electron chi connectivity index (χ3n) is 4.95. The number of anilines is 1. The Hall–Kier alpha value is -3.62. The van der Waals surface area contributed by atoms with Crippen molar-refractivity contribution in [3.05, 3.63) is 71.7 Å². The maximum absolute atomic E-state index is 13.1. The number of carbonyl (C=O) groups is 1. The van der Waals surface area contributed by atoms with E-state index in [4.69, 9.17) is 5.73 Å². The maximum atomic E-state index is 13.1. The number of aromatic nitrogens is 2. The zero-order chi connectivity index (χ0) is 21.3. The molecular weight excluding hydrogens is 397 g/mol. The Morgan fingerprint density at radius 3 is 2.33 bits per heavy atom. The van der Waals surface area contributed by atoms with Gasteiger partial charge in [0.25, 0.3) is 5.91 Å². The average Bonchev–Trinajstić information content (AvgIpc) is 3.49. The molecule has 1 aliphatic carbocycles. The summed E-state index contributed by atoms with van der Waals surface area (Å²) in [5, 5.41) is 3.02. The minimum Gasteiger partial charge on any atom is -0.401 e. The van der Waals surface area contributed by atoms with Gasteiger partial charge in [-0.05, 0) is 48.2 Å². The van der Waals surface area contributed by atoms with Crippen LogP contribution in [0.4, 0.5) is 19.0 Å². The number of nitrogens with zero attached hydrogens (tertiary/aromatic N) is 2. The molecule has 4 rings (SSSR count). The third-order valence-corrected chi connectivity index (χ3v) is 4.95. The summed E-state index contributed by atoms with van der Waals surface area (Å²) < 4.78 is 41.7. The molecule has 3 N–H and O–H groups in total. The summed E-state index contributed by atoms with van der Waals surface area (Å²) in [5.74, 6) is -0.664. The second-order valence-electron chi connectivity index (χ2n) is 6.95. The van der Waals surface area contributed by atoms with Crippen molar-refractivity contribution in [3.63, 3.8) is 0 Å². The highest BCUT2D eigenvalue weighted by molar-refractivity contribution is 5.95. The SMILES string of the molecule is Nc1nc(OC(F)F)ncc1-c1ccc(C2(NC(=O)c3ccc(F)cc3)CC2)cc1. The number of alkyl halides is 2. The molecule has 0 radical (unpaired) electrons. The van der Waals surface area contributed by atoms with Crippen LogP contribution in [-0.2, 0) is 5.54 Å². The van der Waals surface area contributed by atoms with Crippen LogP contribution in [0.1, 0.15) is 28.8 Å². The van der Waals surface area contributed by atoms with E-state index in [2.05, 4.69) is 20.0 Å². The van der Waals surface area contributed by atoms with Crippen LogP contribution in [0.2, 0.25) is 0 Å². The standard InChI is InChI=1S/C21H17F3N4O2/c22-15-7-3-13(4-8-15)18(29)28-21(9-10-21)14-5-1-12(2-6-14)16-11-26-20(27-17(16)25)30-19(23)24/h1-8,11,19H,9-10H2,(H,28,29)(H2,25,26,27). The summed E-state index contributed by atoms with van der Waals surface area (Å²) in [6, 6.07) is 12.2. The highest BCUT2D eigenvalue weighted by atomic mass is 19.3. The Balaban J connectivity index is 1.51. The zero-order valence-corrected chi connectivity index (χ0v) is 15.6. The van der Waals surface area contributed by atoms with E-state index in [1.165, 1.54) is 30.5 Å². The highest BCUT2D eigenvalue weighted by Gasteiger charge is 2.45. The van der Waals surface area contributed by atoms with E-state index in [1.807, 2.05) is 12.1 Å². The van der Waals surface area contributed by atoms with Crippen molar-refractivity contribution in [1.82, 2.24) is 15.3 Å². The van der Waals surface area contributed by atoms with Crippen molar-refractivity contribution in [2.24, 2.45) is 0 Å². The Kier molecular flexibility index (Phi) is 5.03. The van der Waals surface area contributed by atoms with Gasteiger partial charge in [-0.2, -0.15) is 13.8 Å². The van der Waals surface area contributed by atoms with Crippen molar-refractivity contribution in [1.29, 1.82) is 0 Å². The number of ether oxygens (including phenoxy) is 1. The summed E-state index contributed by atoms with van der Waals surface area (Å²) in [6.07, 6.45) is 2.88. The predicted octanol–water partition coefficient (Wildman–Crippen LogP) is 3.89. The van der Waals surface area contributed by atoms with Crippen molar-refractivity contribution in [3.8, 4) is 17.1 Å². The fraction of sp³-hybridized carbons (Fsp3) is 0.190. The van der Waals surface area contributed by atoms with Crippen molar-refractivity contribution < 1.29 is 22.7 Å². The van der Waals surface area contributed by atoms with Crippen molar-refractivity contribution in [2.75, 3.05) is 5.73 Å². The largest absolute Gasteiger partial charge is 0.401 e. The van der Waals surface area contributed by atoms with Gasteiger partial charge in [-0.1, -0.05) is 24.3 Å². The molecule has 1 amide bonds. The van der Waals surface area contributed by atoms with Gasteiger partial charge >= 0.3 is 12.6 Å². The summed E-state index contributed by atoms with van der Waals surface area (Å²) in [6.45, 7) is -3.03. The van der Waals surface area contributed by atoms with Crippen LogP contribution in [-0.4, -0.2) is 22.5 Å². The molecule has 1 fully saturated rings. The van der Waals surface area contributed by atoms with E-state index >= 15 is 0 Å². The second kappa shape index (κ2) is 7.66. The first-order valence-electron chi connectivity index (χ1n) is 9.13. The second-order valence-corrected chi connectivity index (χ2v) is 6.95. The monoisotopic (exact) mass is 414 g/mol. The molecule has 0 saturated heterocycles. The van der Waals surface area contributed by atoms with Crippen LogP contribution in [0, 0.1) is 5.82 Å². The molecule has 3 aromatic rings. The zero-order valence-electron chi connectivity index (χ0n) is 15.6. The van der Waals surface area contributed by atoms with Crippen LogP contribution < -0.4 is 15.8 Å². The molecule has 0 spiro atoms. The molecule has 30 heavy (non-hydrogen) atoms. The van der Waals surface area contributed by atoms with Gasteiger partial charge in [0.1, 0.15) is 11.6 Å². The van der Waals surface area contributed by atoms with Crippen molar-refractivity contribution in [2.45, 2.75) is 25.0 Å². The van der Waals surface area contributed by atoms with Crippen LogP contribution in [0.15, 0.2) is 54.7 Å². The van der Waals surface area contributed by atoms with E-state index < -0.39 is 24.0 Å². The normalized spacial score (nSPS) is 14.4. The number of hydrogen-bond donors (Lipinski definition) is 2. The summed E-state index contributed by atoms with van der Waals surface area (Å²) in [4.78, 5) is 20.0. The Labute approximate surface area is 169 Å². The Bertz CT molecular complexity index is 1070. The highest BCUT2D eigenvalue weighted by Crippen LogP contribution is 2.46.